The predicted molar refractivity (Wildman–Crippen MR) is 92.6 cm³/mol. The van der Waals surface area contributed by atoms with Crippen molar-refractivity contribution in [3.8, 4) is 0 Å². The summed E-state index contributed by atoms with van der Waals surface area (Å²) in [4.78, 5) is 13.8. The minimum atomic E-state index is -4.75. The molecule has 1 heterocycles. The second-order valence-corrected chi connectivity index (χ2v) is 6.18. The zero-order valence-electron chi connectivity index (χ0n) is 14.6. The molecule has 0 aliphatic carbocycles. The average Bonchev–Trinajstić information content (AvgIpc) is 2.60. The first-order valence-corrected chi connectivity index (χ1v) is 8.09. The number of anilines is 1. The Balaban J connectivity index is 2.23. The van der Waals surface area contributed by atoms with Gasteiger partial charge in [0.25, 0.3) is 5.56 Å². The third kappa shape index (κ3) is 4.78. The number of benzene rings is 1. The Morgan fingerprint density at radius 2 is 1.89 bits per heavy atom. The molecule has 2 aromatic rings. The number of aromatic nitrogens is 1. The molecule has 0 saturated heterocycles. The Hall–Kier alpha value is -2.14. The maximum Gasteiger partial charge on any atom is 0.421 e. The van der Waals surface area contributed by atoms with Gasteiger partial charge in [-0.1, -0.05) is 6.07 Å². The molecule has 0 aliphatic heterocycles. The Kier molecular flexibility index (Phi) is 6.47. The summed E-state index contributed by atoms with van der Waals surface area (Å²) in [6.45, 7) is 1.08. The molecule has 0 spiro atoms. The largest absolute Gasteiger partial charge is 0.421 e. The Labute approximate surface area is 152 Å². The van der Waals surface area contributed by atoms with Gasteiger partial charge in [-0.05, 0) is 30.5 Å². The number of aromatic amines is 1. The molecule has 27 heavy (non-hydrogen) atoms. The van der Waals surface area contributed by atoms with Gasteiger partial charge in [0.1, 0.15) is 23.9 Å². The van der Waals surface area contributed by atoms with Crippen LogP contribution in [-0.4, -0.2) is 58.4 Å². The minimum Gasteiger partial charge on any atom is -0.394 e. The van der Waals surface area contributed by atoms with Crippen molar-refractivity contribution in [2.45, 2.75) is 37.5 Å². The van der Waals surface area contributed by atoms with Crippen LogP contribution in [0.1, 0.15) is 12.5 Å². The fourth-order valence-electron chi connectivity index (χ4n) is 2.69. The molecule has 0 bridgehead atoms. The molecule has 1 aromatic heterocycles. The van der Waals surface area contributed by atoms with Crippen LogP contribution in [0.2, 0.25) is 0 Å². The smallest absolute Gasteiger partial charge is 0.394 e. The normalized spacial score (nSPS) is 16.7. The van der Waals surface area contributed by atoms with Crippen molar-refractivity contribution in [2.24, 2.45) is 0 Å². The minimum absolute atomic E-state index is 0.186. The summed E-state index contributed by atoms with van der Waals surface area (Å²) in [5.41, 5.74) is -1.93. The van der Waals surface area contributed by atoms with Crippen LogP contribution < -0.4 is 10.9 Å². The van der Waals surface area contributed by atoms with Gasteiger partial charge in [0.05, 0.1) is 18.2 Å². The first kappa shape index (κ1) is 21.2. The van der Waals surface area contributed by atoms with Crippen molar-refractivity contribution in [1.29, 1.82) is 0 Å². The number of alkyl halides is 3. The van der Waals surface area contributed by atoms with E-state index >= 15 is 0 Å². The fraction of sp³-hybridized carbons (Fsp3) is 0.471. The van der Waals surface area contributed by atoms with Crippen LogP contribution in [0.15, 0.2) is 29.1 Å². The van der Waals surface area contributed by atoms with Gasteiger partial charge in [0, 0.05) is 12.8 Å². The molecule has 0 aliphatic rings. The summed E-state index contributed by atoms with van der Waals surface area (Å²) in [6.07, 6.45) is -8.39. The van der Waals surface area contributed by atoms with E-state index in [1.54, 1.807) is 6.92 Å². The van der Waals surface area contributed by atoms with Gasteiger partial charge in [0.15, 0.2) is 0 Å². The summed E-state index contributed by atoms with van der Waals surface area (Å²) in [5.74, 6) is 0. The third-order valence-electron chi connectivity index (χ3n) is 4.27. The zero-order valence-corrected chi connectivity index (χ0v) is 14.6. The summed E-state index contributed by atoms with van der Waals surface area (Å²) >= 11 is 0. The SMILES string of the molecule is COC(CO)C(O)C(O)C(C)Nc1ccc2cc(C(F)(F)F)c(=O)[nH]c2c1. The summed E-state index contributed by atoms with van der Waals surface area (Å²) in [7, 11) is 1.28. The zero-order chi connectivity index (χ0) is 20.4. The van der Waals surface area contributed by atoms with Crippen LogP contribution in [0.25, 0.3) is 10.9 Å². The van der Waals surface area contributed by atoms with Crippen LogP contribution in [0.3, 0.4) is 0 Å². The number of hydrogen-bond donors (Lipinski definition) is 5. The first-order chi connectivity index (χ1) is 12.6. The van der Waals surface area contributed by atoms with Gasteiger partial charge in [0.2, 0.25) is 0 Å². The summed E-state index contributed by atoms with van der Waals surface area (Å²) in [6, 6.07) is 4.37. The highest BCUT2D eigenvalue weighted by Gasteiger charge is 2.34. The molecule has 0 fully saturated rings. The van der Waals surface area contributed by atoms with Gasteiger partial charge in [-0.25, -0.2) is 0 Å². The number of aliphatic hydroxyl groups excluding tert-OH is 3. The van der Waals surface area contributed by atoms with Crippen LogP contribution in [-0.2, 0) is 10.9 Å². The highest BCUT2D eigenvalue weighted by molar-refractivity contribution is 5.82. The highest BCUT2D eigenvalue weighted by atomic mass is 19.4. The van der Waals surface area contributed by atoms with Gasteiger partial charge in [-0.2, -0.15) is 13.2 Å². The van der Waals surface area contributed by atoms with Gasteiger partial charge < -0.3 is 30.4 Å². The van der Waals surface area contributed by atoms with Gasteiger partial charge in [-0.15, -0.1) is 0 Å². The molecule has 0 amide bonds. The average molecular weight is 390 g/mol. The standard InChI is InChI=1S/C17H21F3N2O5/c1-8(14(24)15(25)13(7-23)27-2)21-10-4-3-9-5-11(17(18,19)20)16(26)22-12(9)6-10/h3-6,8,13-15,21,23-25H,7H2,1-2H3,(H,22,26). The Bertz CT molecular complexity index is 835. The van der Waals surface area contributed by atoms with Crippen LogP contribution in [0, 0.1) is 0 Å². The number of fused-ring (bicyclic) bond motifs is 1. The van der Waals surface area contributed by atoms with E-state index in [-0.39, 0.29) is 10.9 Å². The molecule has 5 N–H and O–H groups in total. The van der Waals surface area contributed by atoms with Crippen molar-refractivity contribution < 1.29 is 33.2 Å². The molecule has 150 valence electrons. The molecule has 4 unspecified atom stereocenters. The lowest BCUT2D eigenvalue weighted by Gasteiger charge is -2.29. The Morgan fingerprint density at radius 1 is 1.22 bits per heavy atom. The monoisotopic (exact) mass is 390 g/mol. The molecule has 0 radical (unpaired) electrons. The highest BCUT2D eigenvalue weighted by Crippen LogP contribution is 2.28. The molecule has 10 heteroatoms. The molecule has 2 rings (SSSR count). The van der Waals surface area contributed by atoms with Gasteiger partial charge in [-0.3, -0.25) is 4.79 Å². The van der Waals surface area contributed by atoms with E-state index < -0.39 is 48.3 Å². The lowest BCUT2D eigenvalue weighted by Crippen LogP contribution is -2.48. The molecule has 1 aromatic carbocycles. The van der Waals surface area contributed by atoms with E-state index in [9.17, 15) is 28.2 Å². The summed E-state index contributed by atoms with van der Waals surface area (Å²) in [5, 5.41) is 32.4. The van der Waals surface area contributed by atoms with Crippen LogP contribution in [0.4, 0.5) is 18.9 Å². The van der Waals surface area contributed by atoms with Crippen molar-refractivity contribution in [2.75, 3.05) is 19.0 Å². The van der Waals surface area contributed by atoms with E-state index in [1.807, 2.05) is 0 Å². The lowest BCUT2D eigenvalue weighted by molar-refractivity contribution is -0.138. The van der Waals surface area contributed by atoms with Gasteiger partial charge >= 0.3 is 6.18 Å². The van der Waals surface area contributed by atoms with E-state index in [0.717, 1.165) is 6.07 Å². The molecule has 4 atom stereocenters. The van der Waals surface area contributed by atoms with E-state index in [4.69, 9.17) is 9.84 Å². The number of H-pyrrole nitrogens is 1. The lowest BCUT2D eigenvalue weighted by atomic mass is 10.0. The molecular weight excluding hydrogens is 369 g/mol. The van der Waals surface area contributed by atoms with E-state index in [0.29, 0.717) is 5.69 Å². The number of aliphatic hydroxyl groups is 3. The number of methoxy groups -OCH3 is 1. The number of pyridine rings is 1. The van der Waals surface area contributed by atoms with Crippen LogP contribution in [0.5, 0.6) is 0 Å². The predicted octanol–water partition coefficient (Wildman–Crippen LogP) is 1.08. The van der Waals surface area contributed by atoms with E-state index in [2.05, 4.69) is 10.3 Å². The number of nitrogens with one attached hydrogen (secondary N) is 2. The van der Waals surface area contributed by atoms with Crippen molar-refractivity contribution in [3.05, 3.63) is 40.2 Å². The van der Waals surface area contributed by atoms with Crippen molar-refractivity contribution in [1.82, 2.24) is 4.98 Å². The second kappa shape index (κ2) is 8.26. The third-order valence-corrected chi connectivity index (χ3v) is 4.27. The maximum atomic E-state index is 12.8. The molecule has 0 saturated carbocycles. The summed E-state index contributed by atoms with van der Waals surface area (Å²) < 4.78 is 43.3. The number of hydrogen-bond acceptors (Lipinski definition) is 6. The fourth-order valence-corrected chi connectivity index (χ4v) is 2.69. The Morgan fingerprint density at radius 3 is 2.44 bits per heavy atom. The second-order valence-electron chi connectivity index (χ2n) is 6.18. The van der Waals surface area contributed by atoms with Crippen LogP contribution >= 0.6 is 0 Å². The topological polar surface area (TPSA) is 115 Å². The van der Waals surface area contributed by atoms with Crippen molar-refractivity contribution in [3.63, 3.8) is 0 Å². The molecular formula is C17H21F3N2O5. The quantitative estimate of drug-likeness (QED) is 0.483. The number of ether oxygens (including phenoxy) is 1. The first-order valence-electron chi connectivity index (χ1n) is 8.09. The maximum absolute atomic E-state index is 12.8. The molecule has 7 nitrogen and oxygen atoms in total. The van der Waals surface area contributed by atoms with E-state index in [1.165, 1.54) is 25.3 Å². The number of rotatable bonds is 7. The van der Waals surface area contributed by atoms with Crippen molar-refractivity contribution >= 4 is 16.6 Å². The number of halogens is 3.